The normalized spacial score (nSPS) is 17.9. The molecule has 35 heavy (non-hydrogen) atoms. The van der Waals surface area contributed by atoms with Crippen molar-refractivity contribution < 1.29 is 37.0 Å². The zero-order chi connectivity index (χ0) is 25.8. The van der Waals surface area contributed by atoms with Crippen molar-refractivity contribution in [1.82, 2.24) is 15.8 Å². The number of alkyl carbamates (subject to hydrolysis) is 1. The van der Waals surface area contributed by atoms with Crippen LogP contribution in [0.2, 0.25) is 0 Å². The van der Waals surface area contributed by atoms with Gasteiger partial charge in [-0.3, -0.25) is 15.2 Å². The quantitative estimate of drug-likeness (QED) is 0.576. The Kier molecular flexibility index (Phi) is 7.86. The molecule has 0 aromatic heterocycles. The summed E-state index contributed by atoms with van der Waals surface area (Å²) in [5.74, 6) is 0.746. The molecule has 2 unspecified atom stereocenters. The third kappa shape index (κ3) is 8.11. The number of amides is 2. The van der Waals surface area contributed by atoms with E-state index in [1.54, 1.807) is 50.2 Å². The van der Waals surface area contributed by atoms with E-state index in [1.807, 2.05) is 12.3 Å². The predicted octanol–water partition coefficient (Wildman–Crippen LogP) is 4.53. The second kappa shape index (κ2) is 10.5. The van der Waals surface area contributed by atoms with Gasteiger partial charge in [-0.2, -0.15) is 13.2 Å². The summed E-state index contributed by atoms with van der Waals surface area (Å²) in [6.07, 6.45) is -1.12. The van der Waals surface area contributed by atoms with Crippen molar-refractivity contribution in [3.63, 3.8) is 0 Å². The molecule has 2 aliphatic rings. The van der Waals surface area contributed by atoms with E-state index in [0.29, 0.717) is 18.1 Å². The van der Waals surface area contributed by atoms with Crippen LogP contribution >= 0.6 is 0 Å². The summed E-state index contributed by atoms with van der Waals surface area (Å²) in [6.45, 7) is 6.62. The maximum absolute atomic E-state index is 12.8. The monoisotopic (exact) mass is 497 g/mol. The molecule has 8 nitrogen and oxygen atoms in total. The van der Waals surface area contributed by atoms with Crippen molar-refractivity contribution in [3.05, 3.63) is 42.2 Å². The molecule has 0 radical (unpaired) electrons. The van der Waals surface area contributed by atoms with Gasteiger partial charge in [-0.05, 0) is 44.9 Å². The largest absolute Gasteiger partial charge is 0.492 e. The molecule has 3 rings (SSSR count). The van der Waals surface area contributed by atoms with Crippen molar-refractivity contribution in [2.75, 3.05) is 13.2 Å². The average Bonchev–Trinajstić information content (AvgIpc) is 2.73. The summed E-state index contributed by atoms with van der Waals surface area (Å²) < 4.78 is 55.0. The molecule has 0 spiro atoms. The standard InChI is InChI=1S/C24H30F3N3O5/c1-15(31)29-30-10-8-16-13-34-21-11-18(5-6-19(21)20(16)12-30)33-14-17(7-9-24(25,26)27)28-22(32)35-23(2,3)4/h5-6,8,10-12,16-17H,7,9,13-14H2,1-4H3,(H,28,32)(H,29,31). The highest BCUT2D eigenvalue weighted by atomic mass is 19.4. The SMILES string of the molecule is CC(=O)NN1C=CC2COc3cc(OCC(CCC(F)(F)F)NC(=O)OC(C)(C)C)ccc3C2=C1. The summed E-state index contributed by atoms with van der Waals surface area (Å²) >= 11 is 0. The van der Waals surface area contributed by atoms with Crippen LogP contribution in [0, 0.1) is 5.92 Å². The second-order valence-corrected chi connectivity index (χ2v) is 9.38. The second-order valence-electron chi connectivity index (χ2n) is 9.38. The third-order valence-corrected chi connectivity index (χ3v) is 5.07. The van der Waals surface area contributed by atoms with E-state index in [1.165, 1.54) is 6.92 Å². The molecule has 0 fully saturated rings. The van der Waals surface area contributed by atoms with Crippen LogP contribution in [0.15, 0.2) is 36.7 Å². The molecule has 2 atom stereocenters. The Bertz CT molecular complexity index is 1000. The molecule has 1 aromatic rings. The topological polar surface area (TPSA) is 89.1 Å². The molecule has 192 valence electrons. The van der Waals surface area contributed by atoms with Gasteiger partial charge >= 0.3 is 12.3 Å². The smallest absolute Gasteiger partial charge is 0.407 e. The molecule has 0 saturated heterocycles. The lowest BCUT2D eigenvalue weighted by Crippen LogP contribution is -2.42. The van der Waals surface area contributed by atoms with Crippen LogP contribution in [-0.4, -0.2) is 48.0 Å². The molecule has 2 heterocycles. The molecular weight excluding hydrogens is 467 g/mol. The molecular formula is C24H30F3N3O5. The van der Waals surface area contributed by atoms with Crippen LogP contribution < -0.4 is 20.2 Å². The number of alkyl halides is 3. The van der Waals surface area contributed by atoms with Crippen LogP contribution in [0.4, 0.5) is 18.0 Å². The van der Waals surface area contributed by atoms with E-state index >= 15 is 0 Å². The molecule has 2 N–H and O–H groups in total. The minimum atomic E-state index is -4.36. The first-order valence-electron chi connectivity index (χ1n) is 11.2. The van der Waals surface area contributed by atoms with Crippen molar-refractivity contribution >= 4 is 17.6 Å². The van der Waals surface area contributed by atoms with Crippen molar-refractivity contribution in [2.45, 2.75) is 58.4 Å². The highest BCUT2D eigenvalue weighted by molar-refractivity contribution is 5.77. The maximum Gasteiger partial charge on any atom is 0.407 e. The van der Waals surface area contributed by atoms with E-state index in [0.717, 1.165) is 11.1 Å². The lowest BCUT2D eigenvalue weighted by molar-refractivity contribution is -0.137. The van der Waals surface area contributed by atoms with Crippen LogP contribution in [0.5, 0.6) is 11.5 Å². The summed E-state index contributed by atoms with van der Waals surface area (Å²) in [7, 11) is 0. The van der Waals surface area contributed by atoms with Crippen LogP contribution in [0.3, 0.4) is 0 Å². The number of carbonyl (C=O) groups excluding carboxylic acids is 2. The maximum atomic E-state index is 12.8. The van der Waals surface area contributed by atoms with Gasteiger partial charge in [-0.15, -0.1) is 0 Å². The number of ether oxygens (including phenoxy) is 3. The fraction of sp³-hybridized carbons (Fsp3) is 0.500. The van der Waals surface area contributed by atoms with Gasteiger partial charge in [0.2, 0.25) is 5.91 Å². The Morgan fingerprint density at radius 2 is 2.00 bits per heavy atom. The highest BCUT2D eigenvalue weighted by Crippen LogP contribution is 2.40. The minimum absolute atomic E-state index is 0.0176. The number of hydrogen-bond acceptors (Lipinski definition) is 6. The fourth-order valence-corrected chi connectivity index (χ4v) is 3.59. The first kappa shape index (κ1) is 26.2. The Morgan fingerprint density at radius 3 is 2.66 bits per heavy atom. The van der Waals surface area contributed by atoms with E-state index in [2.05, 4.69) is 10.7 Å². The van der Waals surface area contributed by atoms with Crippen LogP contribution in [0.25, 0.3) is 5.57 Å². The number of nitrogens with one attached hydrogen (secondary N) is 2. The van der Waals surface area contributed by atoms with E-state index < -0.39 is 30.3 Å². The summed E-state index contributed by atoms with van der Waals surface area (Å²) in [6, 6.07) is 4.22. The van der Waals surface area contributed by atoms with Gasteiger partial charge in [-0.25, -0.2) is 4.79 Å². The molecule has 0 aliphatic carbocycles. The number of nitrogens with zero attached hydrogens (tertiary/aromatic N) is 1. The van der Waals surface area contributed by atoms with Gasteiger partial charge in [-0.1, -0.05) is 6.08 Å². The number of rotatable bonds is 7. The first-order valence-corrected chi connectivity index (χ1v) is 11.2. The fourth-order valence-electron chi connectivity index (χ4n) is 3.59. The first-order chi connectivity index (χ1) is 16.3. The zero-order valence-corrected chi connectivity index (χ0v) is 20.1. The Morgan fingerprint density at radius 1 is 1.26 bits per heavy atom. The highest BCUT2D eigenvalue weighted by Gasteiger charge is 2.30. The minimum Gasteiger partial charge on any atom is -0.492 e. The van der Waals surface area contributed by atoms with E-state index in [4.69, 9.17) is 14.2 Å². The predicted molar refractivity (Wildman–Crippen MR) is 122 cm³/mol. The summed E-state index contributed by atoms with van der Waals surface area (Å²) in [5, 5.41) is 4.03. The van der Waals surface area contributed by atoms with Crippen molar-refractivity contribution in [2.24, 2.45) is 5.92 Å². The zero-order valence-electron chi connectivity index (χ0n) is 20.1. The number of carbonyl (C=O) groups is 2. The number of hydrazine groups is 1. The lowest BCUT2D eigenvalue weighted by Gasteiger charge is -2.32. The van der Waals surface area contributed by atoms with E-state index in [9.17, 15) is 22.8 Å². The number of benzene rings is 1. The van der Waals surface area contributed by atoms with Crippen LogP contribution in [0.1, 0.15) is 46.1 Å². The van der Waals surface area contributed by atoms with E-state index in [-0.39, 0.29) is 24.9 Å². The van der Waals surface area contributed by atoms with Gasteiger partial charge in [0.05, 0.1) is 12.6 Å². The molecule has 0 saturated carbocycles. The summed E-state index contributed by atoms with van der Waals surface area (Å²) in [5.41, 5.74) is 3.66. The van der Waals surface area contributed by atoms with Crippen molar-refractivity contribution in [3.8, 4) is 11.5 Å². The molecule has 2 aliphatic heterocycles. The third-order valence-electron chi connectivity index (χ3n) is 5.07. The molecule has 0 bridgehead atoms. The lowest BCUT2D eigenvalue weighted by atomic mass is 9.89. The average molecular weight is 498 g/mol. The Hall–Kier alpha value is -3.37. The van der Waals surface area contributed by atoms with Gasteiger partial charge in [0, 0.05) is 43.3 Å². The summed E-state index contributed by atoms with van der Waals surface area (Å²) in [4.78, 5) is 23.5. The number of hydrogen-bond donors (Lipinski definition) is 2. The molecule has 1 aromatic carbocycles. The van der Waals surface area contributed by atoms with Gasteiger partial charge in [0.15, 0.2) is 0 Å². The van der Waals surface area contributed by atoms with Gasteiger partial charge in [0.1, 0.15) is 23.7 Å². The van der Waals surface area contributed by atoms with Crippen molar-refractivity contribution in [1.29, 1.82) is 0 Å². The molecule has 11 heteroatoms. The Labute approximate surface area is 202 Å². The van der Waals surface area contributed by atoms with Gasteiger partial charge in [0.25, 0.3) is 0 Å². The number of fused-ring (bicyclic) bond motifs is 3. The number of halogens is 3. The van der Waals surface area contributed by atoms with Crippen LogP contribution in [-0.2, 0) is 9.53 Å². The Balaban J connectivity index is 1.69. The van der Waals surface area contributed by atoms with Gasteiger partial charge < -0.3 is 19.5 Å². The molecule has 2 amide bonds.